The first-order chi connectivity index (χ1) is 16.4. The van der Waals surface area contributed by atoms with E-state index < -0.39 is 23.5 Å². The summed E-state index contributed by atoms with van der Waals surface area (Å²) in [4.78, 5) is 29.4. The van der Waals surface area contributed by atoms with Gasteiger partial charge < -0.3 is 4.90 Å². The largest absolute Gasteiger partial charge is 0.371 e. The summed E-state index contributed by atoms with van der Waals surface area (Å²) >= 11 is 12.6. The van der Waals surface area contributed by atoms with Crippen LogP contribution in [0.5, 0.6) is 0 Å². The van der Waals surface area contributed by atoms with Crippen molar-refractivity contribution in [2.45, 2.75) is 36.9 Å². The number of halogens is 2. The molecule has 5 rings (SSSR count). The molecule has 0 radical (unpaired) electrons. The number of nitrogens with zero attached hydrogens (tertiary/aromatic N) is 2. The third kappa shape index (κ3) is 3.93. The van der Waals surface area contributed by atoms with Gasteiger partial charge in [0.15, 0.2) is 5.78 Å². The molecular formula is C26H24ClFN2O2S2. The van der Waals surface area contributed by atoms with E-state index in [2.05, 4.69) is 4.90 Å². The van der Waals surface area contributed by atoms with E-state index in [1.165, 1.54) is 15.6 Å². The number of benzene rings is 2. The van der Waals surface area contributed by atoms with E-state index in [1.54, 1.807) is 24.3 Å². The maximum absolute atomic E-state index is 13.6. The van der Waals surface area contributed by atoms with E-state index >= 15 is 0 Å². The third-order valence-corrected chi connectivity index (χ3v) is 8.48. The number of piperidine rings is 2. The molecule has 2 unspecified atom stereocenters. The lowest BCUT2D eigenvalue weighted by molar-refractivity contribution is -0.142. The van der Waals surface area contributed by atoms with E-state index in [-0.39, 0.29) is 12.2 Å². The Hall–Kier alpha value is -2.35. The Balaban J connectivity index is 1.53. The molecule has 0 bridgehead atoms. The van der Waals surface area contributed by atoms with Crippen molar-refractivity contribution in [2.24, 2.45) is 0 Å². The Morgan fingerprint density at radius 1 is 1.00 bits per heavy atom. The molecule has 1 amide bonds. The minimum atomic E-state index is -1.03. The van der Waals surface area contributed by atoms with Gasteiger partial charge in [-0.25, -0.2) is 4.39 Å². The van der Waals surface area contributed by atoms with E-state index in [0.717, 1.165) is 16.8 Å². The molecule has 0 N–H and O–H groups in total. The fourth-order valence-electron chi connectivity index (χ4n) is 5.06. The molecule has 3 aromatic rings. The van der Waals surface area contributed by atoms with Crippen LogP contribution in [0.3, 0.4) is 0 Å². The van der Waals surface area contributed by atoms with Gasteiger partial charge in [-0.3, -0.25) is 13.9 Å². The van der Waals surface area contributed by atoms with Gasteiger partial charge in [0.2, 0.25) is 5.91 Å². The number of ketones is 1. The highest BCUT2D eigenvalue weighted by Gasteiger charge is 2.52. The second-order valence-electron chi connectivity index (χ2n) is 8.83. The standard InChI is InChI=1S/C26H24ClFN2O2S2/c27-22-4-2-1-3-21(22)24-23(31)15-26(30(33)25(24)32,18-11-14-34-16-18)17-5-7-20(8-6-17)29-12-9-19(28)10-13-29/h1-8,11,14,16,19,24,33H,9-10,12-13,15H2. The first-order valence-corrected chi connectivity index (χ1v) is 13.0. The summed E-state index contributed by atoms with van der Waals surface area (Å²) in [6, 6.07) is 16.8. The van der Waals surface area contributed by atoms with Crippen LogP contribution in [0.15, 0.2) is 65.4 Å². The number of thiophene rings is 1. The van der Waals surface area contributed by atoms with Crippen LogP contribution in [0.4, 0.5) is 10.1 Å². The number of Topliss-reactive ketones (excluding diaryl/α,β-unsaturated/α-hetero) is 1. The molecule has 2 saturated heterocycles. The Morgan fingerprint density at radius 2 is 1.71 bits per heavy atom. The molecule has 1 aromatic heterocycles. The fraction of sp³-hybridized carbons (Fsp3) is 0.308. The van der Waals surface area contributed by atoms with Crippen molar-refractivity contribution in [3.05, 3.63) is 87.1 Å². The molecule has 34 heavy (non-hydrogen) atoms. The number of alkyl halides is 1. The molecule has 176 valence electrons. The lowest BCUT2D eigenvalue weighted by atomic mass is 9.73. The van der Waals surface area contributed by atoms with Crippen LogP contribution >= 0.6 is 35.8 Å². The predicted molar refractivity (Wildman–Crippen MR) is 138 cm³/mol. The van der Waals surface area contributed by atoms with E-state index in [4.69, 9.17) is 24.4 Å². The van der Waals surface area contributed by atoms with Crippen LogP contribution in [0.25, 0.3) is 0 Å². The summed E-state index contributed by atoms with van der Waals surface area (Å²) in [7, 11) is 0. The number of hydrogen-bond donors (Lipinski definition) is 1. The lowest BCUT2D eigenvalue weighted by Gasteiger charge is -2.46. The number of amides is 1. The zero-order valence-corrected chi connectivity index (χ0v) is 20.8. The maximum Gasteiger partial charge on any atom is 0.248 e. The molecule has 0 spiro atoms. The molecule has 4 nitrogen and oxygen atoms in total. The van der Waals surface area contributed by atoms with Crippen LogP contribution in [0, 0.1) is 0 Å². The maximum atomic E-state index is 13.6. The van der Waals surface area contributed by atoms with Crippen molar-refractivity contribution in [1.82, 2.24) is 4.31 Å². The summed E-state index contributed by atoms with van der Waals surface area (Å²) < 4.78 is 15.0. The van der Waals surface area contributed by atoms with Gasteiger partial charge >= 0.3 is 0 Å². The Morgan fingerprint density at radius 3 is 2.35 bits per heavy atom. The molecule has 2 aromatic carbocycles. The predicted octanol–water partition coefficient (Wildman–Crippen LogP) is 6.01. The molecule has 2 aliphatic rings. The summed E-state index contributed by atoms with van der Waals surface area (Å²) in [5.41, 5.74) is 2.13. The topological polar surface area (TPSA) is 40.6 Å². The normalized spacial score (nSPS) is 24.0. The van der Waals surface area contributed by atoms with Crippen molar-refractivity contribution < 1.29 is 14.0 Å². The zero-order valence-electron chi connectivity index (χ0n) is 18.4. The summed E-state index contributed by atoms with van der Waals surface area (Å²) in [6.45, 7) is 1.34. The highest BCUT2D eigenvalue weighted by atomic mass is 35.5. The lowest BCUT2D eigenvalue weighted by Crippen LogP contribution is -2.54. The highest BCUT2D eigenvalue weighted by Crippen LogP contribution is 2.48. The molecule has 8 heteroatoms. The number of carbonyl (C=O) groups excluding carboxylic acids is 2. The second-order valence-corrected chi connectivity index (χ2v) is 10.4. The number of carbonyl (C=O) groups is 2. The monoisotopic (exact) mass is 514 g/mol. The van der Waals surface area contributed by atoms with Crippen LogP contribution in [-0.2, 0) is 15.1 Å². The number of rotatable bonds is 4. The first-order valence-electron chi connectivity index (χ1n) is 11.2. The third-order valence-electron chi connectivity index (χ3n) is 6.92. The van der Waals surface area contributed by atoms with Gasteiger partial charge in [0.1, 0.15) is 17.6 Å². The van der Waals surface area contributed by atoms with Gasteiger partial charge in [0.25, 0.3) is 0 Å². The SMILES string of the molecule is O=C1CC(c2ccc(N3CCC(F)CC3)cc2)(c2ccsc2)N(S)C(=O)C1c1ccccc1Cl. The average Bonchev–Trinajstić information content (AvgIpc) is 3.39. The minimum Gasteiger partial charge on any atom is -0.371 e. The number of anilines is 1. The van der Waals surface area contributed by atoms with Gasteiger partial charge in [-0.05, 0) is 64.6 Å². The Kier molecular flexibility index (Phi) is 6.44. The smallest absolute Gasteiger partial charge is 0.248 e. The second kappa shape index (κ2) is 9.36. The first kappa shape index (κ1) is 23.4. The molecule has 2 atom stereocenters. The molecule has 2 fully saturated rings. The summed E-state index contributed by atoms with van der Waals surface area (Å²) in [6.07, 6.45) is 0.400. The minimum absolute atomic E-state index is 0.0848. The Bertz CT molecular complexity index is 1200. The Labute approximate surface area is 212 Å². The van der Waals surface area contributed by atoms with Gasteiger partial charge in [-0.2, -0.15) is 11.3 Å². The van der Waals surface area contributed by atoms with Crippen molar-refractivity contribution in [1.29, 1.82) is 0 Å². The van der Waals surface area contributed by atoms with Gasteiger partial charge in [0.05, 0.1) is 0 Å². The van der Waals surface area contributed by atoms with Crippen LogP contribution < -0.4 is 4.90 Å². The van der Waals surface area contributed by atoms with E-state index in [9.17, 15) is 14.0 Å². The van der Waals surface area contributed by atoms with Gasteiger partial charge in [-0.15, -0.1) is 0 Å². The van der Waals surface area contributed by atoms with E-state index in [1.807, 2.05) is 41.1 Å². The average molecular weight is 515 g/mol. The van der Waals surface area contributed by atoms with Crippen molar-refractivity contribution in [3.8, 4) is 0 Å². The van der Waals surface area contributed by atoms with Crippen LogP contribution in [0.1, 0.15) is 41.9 Å². The summed E-state index contributed by atoms with van der Waals surface area (Å²) in [5.74, 6) is -1.57. The molecule has 0 aliphatic carbocycles. The van der Waals surface area contributed by atoms with Gasteiger partial charge in [-0.1, -0.05) is 54.7 Å². The molecule has 2 aliphatic heterocycles. The van der Waals surface area contributed by atoms with Crippen LogP contribution in [0.2, 0.25) is 5.02 Å². The molecular weight excluding hydrogens is 491 g/mol. The van der Waals surface area contributed by atoms with Crippen LogP contribution in [-0.4, -0.2) is 35.3 Å². The zero-order chi connectivity index (χ0) is 23.9. The van der Waals surface area contributed by atoms with E-state index in [0.29, 0.717) is 36.5 Å². The number of thiol groups is 1. The van der Waals surface area contributed by atoms with Crippen molar-refractivity contribution >= 4 is 53.1 Å². The van der Waals surface area contributed by atoms with Gasteiger partial charge in [0, 0.05) is 30.2 Å². The number of hydrogen-bond acceptors (Lipinski definition) is 5. The van der Waals surface area contributed by atoms with Crippen molar-refractivity contribution in [2.75, 3.05) is 18.0 Å². The summed E-state index contributed by atoms with van der Waals surface area (Å²) in [5, 5.41) is 4.28. The quantitative estimate of drug-likeness (QED) is 0.342. The highest BCUT2D eigenvalue weighted by molar-refractivity contribution is 7.78. The molecule has 3 heterocycles. The molecule has 0 saturated carbocycles. The fourth-order valence-corrected chi connectivity index (χ4v) is 6.45. The van der Waals surface area contributed by atoms with Crippen molar-refractivity contribution in [3.63, 3.8) is 0 Å².